The third-order valence-electron chi connectivity index (χ3n) is 1.83. The molecule has 66 valence electrons. The lowest BCUT2D eigenvalue weighted by Crippen LogP contribution is -1.83. The number of nitrogens with two attached hydrogens (primary N) is 1. The highest BCUT2D eigenvalue weighted by Crippen LogP contribution is 2.36. The van der Waals surface area contributed by atoms with E-state index in [1.165, 1.54) is 11.3 Å². The van der Waals surface area contributed by atoms with E-state index < -0.39 is 0 Å². The summed E-state index contributed by atoms with van der Waals surface area (Å²) in [6.45, 7) is 0. The standard InChI is InChI=1S/C9H7NO2S/c10-7-2-1-5-3-6(4-11)13-9(5)8(7)12/h1-4,12H,10H2. The molecule has 3 N–H and O–H groups in total. The van der Waals surface area contributed by atoms with Crippen LogP contribution < -0.4 is 5.73 Å². The van der Waals surface area contributed by atoms with Gasteiger partial charge < -0.3 is 10.8 Å². The van der Waals surface area contributed by atoms with Gasteiger partial charge in [0.25, 0.3) is 0 Å². The Morgan fingerprint density at radius 2 is 2.23 bits per heavy atom. The van der Waals surface area contributed by atoms with Gasteiger partial charge in [-0.25, -0.2) is 0 Å². The Hall–Kier alpha value is -1.55. The van der Waals surface area contributed by atoms with Crippen LogP contribution in [0.5, 0.6) is 5.75 Å². The number of hydrogen-bond donors (Lipinski definition) is 2. The van der Waals surface area contributed by atoms with Crippen LogP contribution in [0.3, 0.4) is 0 Å². The number of aromatic hydroxyl groups is 1. The van der Waals surface area contributed by atoms with E-state index in [-0.39, 0.29) is 5.75 Å². The van der Waals surface area contributed by atoms with Gasteiger partial charge in [0.2, 0.25) is 0 Å². The van der Waals surface area contributed by atoms with Crippen molar-refractivity contribution in [3.05, 3.63) is 23.1 Å². The van der Waals surface area contributed by atoms with E-state index in [9.17, 15) is 9.90 Å². The minimum Gasteiger partial charge on any atom is -0.504 e. The molecule has 0 unspecified atom stereocenters. The van der Waals surface area contributed by atoms with Crippen LogP contribution in [0, 0.1) is 0 Å². The number of anilines is 1. The van der Waals surface area contributed by atoms with Crippen molar-refractivity contribution in [3.63, 3.8) is 0 Å². The smallest absolute Gasteiger partial charge is 0.160 e. The minimum atomic E-state index is 0.0654. The van der Waals surface area contributed by atoms with Crippen molar-refractivity contribution >= 4 is 33.4 Å². The van der Waals surface area contributed by atoms with Gasteiger partial charge in [0.15, 0.2) is 12.0 Å². The van der Waals surface area contributed by atoms with Crippen molar-refractivity contribution in [3.8, 4) is 5.75 Å². The highest BCUT2D eigenvalue weighted by Gasteiger charge is 2.07. The summed E-state index contributed by atoms with van der Waals surface area (Å²) < 4.78 is 0.669. The molecule has 0 radical (unpaired) electrons. The van der Waals surface area contributed by atoms with Crippen molar-refractivity contribution < 1.29 is 9.90 Å². The second kappa shape index (κ2) is 2.74. The molecule has 2 aromatic rings. The van der Waals surface area contributed by atoms with Crippen molar-refractivity contribution in [2.45, 2.75) is 0 Å². The predicted octanol–water partition coefficient (Wildman–Crippen LogP) is 2.00. The molecule has 1 aromatic carbocycles. The quantitative estimate of drug-likeness (QED) is 0.413. The Balaban J connectivity index is 2.83. The van der Waals surface area contributed by atoms with E-state index in [4.69, 9.17) is 5.73 Å². The molecule has 4 heteroatoms. The number of phenolic OH excluding ortho intramolecular Hbond substituents is 1. The molecule has 0 atom stereocenters. The van der Waals surface area contributed by atoms with E-state index in [2.05, 4.69) is 0 Å². The zero-order valence-electron chi connectivity index (χ0n) is 6.65. The largest absolute Gasteiger partial charge is 0.504 e. The van der Waals surface area contributed by atoms with Crippen LogP contribution in [0.1, 0.15) is 9.67 Å². The van der Waals surface area contributed by atoms with Crippen LogP contribution in [0.2, 0.25) is 0 Å². The summed E-state index contributed by atoms with van der Waals surface area (Å²) >= 11 is 1.24. The first-order chi connectivity index (χ1) is 6.22. The summed E-state index contributed by atoms with van der Waals surface area (Å²) in [6, 6.07) is 5.14. The number of benzene rings is 1. The first-order valence-electron chi connectivity index (χ1n) is 3.68. The lowest BCUT2D eigenvalue weighted by atomic mass is 10.2. The second-order valence-electron chi connectivity index (χ2n) is 2.69. The molecule has 0 bridgehead atoms. The Kier molecular flexibility index (Phi) is 1.70. The Morgan fingerprint density at radius 3 is 2.92 bits per heavy atom. The Bertz CT molecular complexity index is 476. The van der Waals surface area contributed by atoms with Gasteiger partial charge in [0, 0.05) is 0 Å². The molecule has 0 fully saturated rings. The molecule has 2 rings (SSSR count). The fourth-order valence-corrected chi connectivity index (χ4v) is 2.11. The minimum absolute atomic E-state index is 0.0654. The lowest BCUT2D eigenvalue weighted by molar-refractivity contribution is 0.112. The molecule has 0 spiro atoms. The van der Waals surface area contributed by atoms with Gasteiger partial charge in [-0.3, -0.25) is 4.79 Å². The van der Waals surface area contributed by atoms with Crippen LogP contribution in [0.25, 0.3) is 10.1 Å². The lowest BCUT2D eigenvalue weighted by Gasteiger charge is -1.97. The summed E-state index contributed by atoms with van der Waals surface area (Å²) in [4.78, 5) is 11.1. The Morgan fingerprint density at radius 1 is 1.46 bits per heavy atom. The molecule has 13 heavy (non-hydrogen) atoms. The van der Waals surface area contributed by atoms with Gasteiger partial charge in [0.05, 0.1) is 15.3 Å². The van der Waals surface area contributed by atoms with Crippen molar-refractivity contribution in [2.75, 3.05) is 5.73 Å². The number of fused-ring (bicyclic) bond motifs is 1. The SMILES string of the molecule is Nc1ccc2cc(C=O)sc2c1O. The molecular weight excluding hydrogens is 186 g/mol. The summed E-state index contributed by atoms with van der Waals surface area (Å²) in [5.74, 6) is 0.0654. The van der Waals surface area contributed by atoms with Crippen molar-refractivity contribution in [1.82, 2.24) is 0 Å². The normalized spacial score (nSPS) is 10.5. The van der Waals surface area contributed by atoms with E-state index in [0.29, 0.717) is 15.3 Å². The van der Waals surface area contributed by atoms with Gasteiger partial charge >= 0.3 is 0 Å². The molecule has 0 saturated carbocycles. The van der Waals surface area contributed by atoms with Crippen LogP contribution in [-0.4, -0.2) is 11.4 Å². The average molecular weight is 193 g/mol. The Labute approximate surface area is 78.4 Å². The predicted molar refractivity (Wildman–Crippen MR) is 53.3 cm³/mol. The summed E-state index contributed by atoms with van der Waals surface area (Å²) in [6.07, 6.45) is 0.764. The molecule has 0 aliphatic heterocycles. The summed E-state index contributed by atoms with van der Waals surface area (Å²) in [7, 11) is 0. The van der Waals surface area contributed by atoms with E-state index in [1.54, 1.807) is 18.2 Å². The molecular formula is C9H7NO2S. The van der Waals surface area contributed by atoms with Crippen LogP contribution in [-0.2, 0) is 0 Å². The number of thiophene rings is 1. The first-order valence-corrected chi connectivity index (χ1v) is 4.50. The molecule has 0 aliphatic carbocycles. The third-order valence-corrected chi connectivity index (χ3v) is 2.91. The number of carbonyl (C=O) groups is 1. The third kappa shape index (κ3) is 1.15. The maximum atomic E-state index is 10.5. The fourth-order valence-electron chi connectivity index (χ4n) is 1.18. The van der Waals surface area contributed by atoms with Gasteiger partial charge in [-0.1, -0.05) is 6.07 Å². The zero-order valence-corrected chi connectivity index (χ0v) is 7.47. The molecule has 1 aromatic heterocycles. The van der Waals surface area contributed by atoms with Crippen LogP contribution in [0.4, 0.5) is 5.69 Å². The van der Waals surface area contributed by atoms with Gasteiger partial charge in [-0.05, 0) is 17.5 Å². The number of hydrogen-bond acceptors (Lipinski definition) is 4. The molecule has 3 nitrogen and oxygen atoms in total. The highest BCUT2D eigenvalue weighted by molar-refractivity contribution is 7.20. The van der Waals surface area contributed by atoms with Gasteiger partial charge in [0.1, 0.15) is 0 Å². The van der Waals surface area contributed by atoms with Gasteiger partial charge in [-0.2, -0.15) is 0 Å². The zero-order chi connectivity index (χ0) is 9.42. The van der Waals surface area contributed by atoms with Gasteiger partial charge in [-0.15, -0.1) is 11.3 Å². The van der Waals surface area contributed by atoms with E-state index >= 15 is 0 Å². The first kappa shape index (κ1) is 8.07. The number of aldehydes is 1. The van der Waals surface area contributed by atoms with Crippen LogP contribution in [0.15, 0.2) is 18.2 Å². The average Bonchev–Trinajstić information content (AvgIpc) is 2.55. The number of rotatable bonds is 1. The fraction of sp³-hybridized carbons (Fsp3) is 0. The van der Waals surface area contributed by atoms with E-state index in [0.717, 1.165) is 11.7 Å². The van der Waals surface area contributed by atoms with E-state index in [1.807, 2.05) is 0 Å². The van der Waals surface area contributed by atoms with Crippen molar-refractivity contribution in [1.29, 1.82) is 0 Å². The highest BCUT2D eigenvalue weighted by atomic mass is 32.1. The maximum Gasteiger partial charge on any atom is 0.160 e. The monoisotopic (exact) mass is 193 g/mol. The summed E-state index contributed by atoms with van der Waals surface area (Å²) in [5.41, 5.74) is 5.84. The number of carbonyl (C=O) groups excluding carboxylic acids is 1. The topological polar surface area (TPSA) is 63.3 Å². The second-order valence-corrected chi connectivity index (χ2v) is 3.77. The number of nitrogen functional groups attached to an aromatic ring is 1. The number of phenols is 1. The van der Waals surface area contributed by atoms with Crippen molar-refractivity contribution in [2.24, 2.45) is 0 Å². The molecule has 0 amide bonds. The molecule has 0 aliphatic rings. The molecule has 0 saturated heterocycles. The summed E-state index contributed by atoms with van der Waals surface area (Å²) in [5, 5.41) is 10.4. The molecule has 1 heterocycles. The maximum absolute atomic E-state index is 10.5. The van der Waals surface area contributed by atoms with Crippen LogP contribution >= 0.6 is 11.3 Å².